The van der Waals surface area contributed by atoms with E-state index in [9.17, 15) is 37.1 Å². The molecule has 5 amide bonds. The molecule has 3 aliphatic heterocycles. The molecule has 2 N–H and O–H groups in total. The van der Waals surface area contributed by atoms with Crippen molar-refractivity contribution in [1.29, 1.82) is 0 Å². The van der Waals surface area contributed by atoms with E-state index in [1.54, 1.807) is 59.5 Å². The first-order chi connectivity index (χ1) is 32.2. The number of halogens is 4. The quantitative estimate of drug-likeness (QED) is 0.0690. The van der Waals surface area contributed by atoms with Gasteiger partial charge in [-0.2, -0.15) is 13.2 Å². The number of benzene rings is 1. The summed E-state index contributed by atoms with van der Waals surface area (Å²) in [7, 11) is 3.07. The van der Waals surface area contributed by atoms with Crippen molar-refractivity contribution in [1.82, 2.24) is 45.0 Å². The number of cyclic esters (lactones) is 1. The van der Waals surface area contributed by atoms with E-state index in [-0.39, 0.29) is 38.6 Å². The molecule has 4 aromatic rings. The minimum absolute atomic E-state index is 0.104. The van der Waals surface area contributed by atoms with Gasteiger partial charge in [0.05, 0.1) is 28.7 Å². The zero-order valence-corrected chi connectivity index (χ0v) is 41.7. The number of ether oxygens (including phenoxy) is 2. The largest absolute Gasteiger partial charge is 0.464 e. The highest BCUT2D eigenvalue weighted by Gasteiger charge is 2.50. The fourth-order valence-corrected chi connectivity index (χ4v) is 12.2. The molecule has 8 rings (SSSR count). The Morgan fingerprint density at radius 3 is 2.53 bits per heavy atom. The van der Waals surface area contributed by atoms with Gasteiger partial charge in [0.1, 0.15) is 24.7 Å². The summed E-state index contributed by atoms with van der Waals surface area (Å²) < 4.78 is 55.7. The van der Waals surface area contributed by atoms with Crippen LogP contribution in [0.4, 0.5) is 18.0 Å². The van der Waals surface area contributed by atoms with E-state index in [4.69, 9.17) is 14.5 Å². The fraction of sp³-hybridized carbons (Fsp3) is 0.511. The third-order valence-corrected chi connectivity index (χ3v) is 15.3. The van der Waals surface area contributed by atoms with Gasteiger partial charge >= 0.3 is 18.2 Å². The number of aromatic nitrogens is 3. The summed E-state index contributed by atoms with van der Waals surface area (Å²) in [6.07, 6.45) is -1.86. The number of hydrogen-bond donors (Lipinski definition) is 2. The van der Waals surface area contributed by atoms with Crippen molar-refractivity contribution in [2.45, 2.75) is 87.3 Å². The van der Waals surface area contributed by atoms with Gasteiger partial charge in [-0.05, 0) is 77.3 Å². The van der Waals surface area contributed by atoms with Crippen LogP contribution in [0.1, 0.15) is 68.8 Å². The third-order valence-electron chi connectivity index (χ3n) is 13.4. The highest BCUT2D eigenvalue weighted by molar-refractivity contribution is 14.1. The molecule has 3 aromatic heterocycles. The molecule has 0 radical (unpaired) electrons. The SMILES string of the molecule is C=CC(=O)N1CCN(C(=O)N(C)[C@H](C(=O)NC2(I)Cc3nc(cs3)-c3ccc4c(c3)c3c(n4CC(F)(F)F)-c4cccnc4[C@@H](OC)C3C(C)(C)COC(=O)[C@@H]3CCCN(N3)C2=O)C(C)C)CC1. The van der Waals surface area contributed by atoms with Gasteiger partial charge in [-0.15, -0.1) is 11.3 Å². The number of amides is 5. The number of hydrazine groups is 1. The van der Waals surface area contributed by atoms with Crippen LogP contribution in [0.25, 0.3) is 33.4 Å². The number of nitrogens with zero attached hydrogens (tertiary/aromatic N) is 7. The third kappa shape index (κ3) is 9.34. The molecule has 364 valence electrons. The van der Waals surface area contributed by atoms with E-state index in [0.29, 0.717) is 75.6 Å². The Balaban J connectivity index is 1.20. The van der Waals surface area contributed by atoms with E-state index in [2.05, 4.69) is 22.3 Å². The first-order valence-electron chi connectivity index (χ1n) is 22.5. The summed E-state index contributed by atoms with van der Waals surface area (Å²) in [5, 5.41) is 7.14. The number of carbonyl (C=O) groups is 5. The lowest BCUT2D eigenvalue weighted by Crippen LogP contribution is -2.66. The van der Waals surface area contributed by atoms with Crippen LogP contribution in [0.15, 0.2) is 54.6 Å². The number of nitrogens with one attached hydrogen (secondary N) is 2. The van der Waals surface area contributed by atoms with Crippen LogP contribution in [0.2, 0.25) is 0 Å². The molecule has 1 aliphatic carbocycles. The Labute approximate surface area is 409 Å². The van der Waals surface area contributed by atoms with Crippen LogP contribution in [0.5, 0.6) is 0 Å². The molecule has 5 atom stereocenters. The zero-order chi connectivity index (χ0) is 49.0. The lowest BCUT2D eigenvalue weighted by atomic mass is 9.67. The number of carbonyl (C=O) groups excluding carboxylic acids is 5. The van der Waals surface area contributed by atoms with E-state index < -0.39 is 75.5 Å². The topological polar surface area (TPSA) is 172 Å². The molecule has 6 bridgehead atoms. The molecule has 2 unspecified atom stereocenters. The van der Waals surface area contributed by atoms with Crippen molar-refractivity contribution < 1.29 is 46.6 Å². The van der Waals surface area contributed by atoms with Crippen LogP contribution >= 0.6 is 33.9 Å². The number of thiazole rings is 1. The predicted molar refractivity (Wildman–Crippen MR) is 256 cm³/mol. The standard InChI is InChI=1S/C47H55F3IN9O7S/c1-8-34(61)57-17-19-58(20-18-57)44(65)56(6)38(26(2)3)41(62)54-46(51)22-33-53-31(23-68-33)27-13-14-32-29(21-27)35-36(45(4,5)25-67-42(63)30-12-10-16-60(55-30)43(46)64)40(66-7)37-28(11-9-15-52-37)39(35)59(32)24-47(48,49)50/h8-9,11,13-15,21,23,26,30,36,38,40,55H,1,10,12,16-20,22,24-25H2,2-7H3,(H,54,62)/t30-,36?,38-,40-,46?/m0/s1. The van der Waals surface area contributed by atoms with Gasteiger partial charge in [0.25, 0.3) is 5.91 Å². The number of hydrogen-bond acceptors (Lipinski definition) is 11. The maximum Gasteiger partial charge on any atom is 0.406 e. The Kier molecular flexibility index (Phi) is 13.8. The lowest BCUT2D eigenvalue weighted by molar-refractivity contribution is -0.157. The number of esters is 1. The number of rotatable bonds is 7. The second kappa shape index (κ2) is 19.0. The average molecular weight is 1070 g/mol. The summed E-state index contributed by atoms with van der Waals surface area (Å²) in [4.78, 5) is 84.0. The van der Waals surface area contributed by atoms with E-state index >= 15 is 0 Å². The van der Waals surface area contributed by atoms with Gasteiger partial charge in [-0.3, -0.25) is 29.2 Å². The van der Waals surface area contributed by atoms with Gasteiger partial charge in [0.2, 0.25) is 11.8 Å². The summed E-state index contributed by atoms with van der Waals surface area (Å²) in [5.74, 6) is -3.07. The number of alkyl halides is 4. The van der Waals surface area contributed by atoms with Crippen molar-refractivity contribution >= 4 is 74.6 Å². The fourth-order valence-electron chi connectivity index (χ4n) is 10.1. The molecule has 2 saturated heterocycles. The summed E-state index contributed by atoms with van der Waals surface area (Å²) in [6, 6.07) is 6.24. The number of urea groups is 1. The van der Waals surface area contributed by atoms with Crippen molar-refractivity contribution in [2.24, 2.45) is 11.3 Å². The molecule has 68 heavy (non-hydrogen) atoms. The van der Waals surface area contributed by atoms with Crippen LogP contribution < -0.4 is 10.7 Å². The molecule has 0 saturated carbocycles. The Morgan fingerprint density at radius 1 is 1.13 bits per heavy atom. The maximum atomic E-state index is 15.0. The molecule has 6 heterocycles. The number of piperazine rings is 1. The number of methoxy groups -OCH3 is 1. The van der Waals surface area contributed by atoms with Crippen molar-refractivity contribution in [3.8, 4) is 22.5 Å². The van der Waals surface area contributed by atoms with E-state index in [1.165, 1.54) is 46.0 Å². The number of likely N-dealkylation sites (N-methyl/N-ethyl adjacent to an activating group) is 1. The minimum atomic E-state index is -4.58. The molecule has 21 heteroatoms. The minimum Gasteiger partial charge on any atom is -0.464 e. The first-order valence-corrected chi connectivity index (χ1v) is 24.5. The van der Waals surface area contributed by atoms with Gasteiger partial charge in [-0.1, -0.05) is 40.3 Å². The van der Waals surface area contributed by atoms with Crippen LogP contribution in [-0.4, -0.2) is 139 Å². The van der Waals surface area contributed by atoms with Gasteiger partial charge < -0.3 is 34.1 Å². The van der Waals surface area contributed by atoms with Crippen molar-refractivity contribution in [3.63, 3.8) is 0 Å². The molecule has 16 nitrogen and oxygen atoms in total. The molecule has 4 aliphatic rings. The van der Waals surface area contributed by atoms with E-state index in [1.807, 2.05) is 42.5 Å². The van der Waals surface area contributed by atoms with Gasteiger partial charge in [0.15, 0.2) is 3.55 Å². The smallest absolute Gasteiger partial charge is 0.406 e. The Bertz CT molecular complexity index is 2650. The maximum absolute atomic E-state index is 15.0. The van der Waals surface area contributed by atoms with Crippen molar-refractivity contribution in [3.05, 3.63) is 70.8 Å². The highest BCUT2D eigenvalue weighted by Crippen LogP contribution is 2.57. The van der Waals surface area contributed by atoms with Gasteiger partial charge in [0, 0.05) is 98.2 Å². The molecule has 1 aromatic carbocycles. The number of fused-ring (bicyclic) bond motifs is 8. The predicted octanol–water partition coefficient (Wildman–Crippen LogP) is 6.45. The van der Waals surface area contributed by atoms with Crippen molar-refractivity contribution in [2.75, 3.05) is 53.5 Å². The van der Waals surface area contributed by atoms with Gasteiger partial charge in [-0.25, -0.2) is 15.2 Å². The Hall–Kier alpha value is -5.13. The monoisotopic (exact) mass is 1070 g/mol. The molecular weight excluding hydrogens is 1020 g/mol. The highest BCUT2D eigenvalue weighted by atomic mass is 127. The summed E-state index contributed by atoms with van der Waals surface area (Å²) >= 11 is 3.17. The molecule has 0 spiro atoms. The van der Waals surface area contributed by atoms with Crippen LogP contribution in [-0.2, 0) is 41.6 Å². The number of pyridine rings is 1. The zero-order valence-electron chi connectivity index (χ0n) is 38.7. The first kappa shape index (κ1) is 49.3. The van der Waals surface area contributed by atoms with E-state index in [0.717, 1.165) is 0 Å². The Morgan fingerprint density at radius 2 is 1.85 bits per heavy atom. The normalized spacial score (nSPS) is 23.4. The molecular formula is C47H55F3IN9O7S. The second-order valence-electron chi connectivity index (χ2n) is 18.8. The molecule has 2 fully saturated rings. The van der Waals surface area contributed by atoms with Crippen LogP contribution in [0.3, 0.4) is 0 Å². The summed E-state index contributed by atoms with van der Waals surface area (Å²) in [5.41, 5.74) is 5.49. The average Bonchev–Trinajstić information content (AvgIpc) is 3.90. The second-order valence-corrected chi connectivity index (χ2v) is 21.6. The lowest BCUT2D eigenvalue weighted by Gasteiger charge is -2.42. The summed E-state index contributed by atoms with van der Waals surface area (Å²) in [6.45, 7) is 10.8. The van der Waals surface area contributed by atoms with Crippen LogP contribution in [0, 0.1) is 11.3 Å².